The number of rotatable bonds is 12. The molecule has 2 rings (SSSR count). The van der Waals surface area contributed by atoms with E-state index in [4.69, 9.17) is 0 Å². The van der Waals surface area contributed by atoms with Crippen LogP contribution < -0.4 is 10.6 Å². The Morgan fingerprint density at radius 1 is 1.15 bits per heavy atom. The first-order chi connectivity index (χ1) is 12.7. The molecule has 0 unspecified atom stereocenters. The number of unbranched alkanes of at least 4 members (excludes halogenated alkanes) is 5. The standard InChI is InChI=1S/C21H29N3OS/c1-3-5-6-7-8-9-10-20(25)23-18-13-11-17(12-14-18)19-16-26-21(24-19)22-15-4-2/h4,11-14,16H,2-3,5-10,15H2,1H3,(H,22,24)(H,23,25). The number of nitrogens with zero attached hydrogens (tertiary/aromatic N) is 1. The van der Waals surface area contributed by atoms with Crippen LogP contribution in [0, 0.1) is 0 Å². The normalized spacial score (nSPS) is 10.5. The summed E-state index contributed by atoms with van der Waals surface area (Å²) in [5, 5.41) is 9.08. The predicted molar refractivity (Wildman–Crippen MR) is 113 cm³/mol. The summed E-state index contributed by atoms with van der Waals surface area (Å²) in [5.41, 5.74) is 2.82. The highest BCUT2D eigenvalue weighted by molar-refractivity contribution is 7.14. The lowest BCUT2D eigenvalue weighted by molar-refractivity contribution is -0.116. The summed E-state index contributed by atoms with van der Waals surface area (Å²) in [6.07, 6.45) is 9.56. The second-order valence-corrected chi connectivity index (χ2v) is 7.21. The van der Waals surface area contributed by atoms with Crippen molar-refractivity contribution in [2.24, 2.45) is 0 Å². The van der Waals surface area contributed by atoms with E-state index in [1.807, 2.05) is 35.7 Å². The van der Waals surface area contributed by atoms with Gasteiger partial charge in [0.2, 0.25) is 5.91 Å². The zero-order chi connectivity index (χ0) is 18.6. The molecule has 0 aliphatic heterocycles. The average Bonchev–Trinajstić information content (AvgIpc) is 3.12. The molecular weight excluding hydrogens is 342 g/mol. The summed E-state index contributed by atoms with van der Waals surface area (Å²) in [7, 11) is 0. The van der Waals surface area contributed by atoms with Crippen LogP contribution in [-0.2, 0) is 4.79 Å². The molecule has 0 saturated heterocycles. The number of carbonyl (C=O) groups excluding carboxylic acids is 1. The summed E-state index contributed by atoms with van der Waals surface area (Å²) in [6, 6.07) is 7.86. The van der Waals surface area contributed by atoms with E-state index in [1.54, 1.807) is 11.3 Å². The Kier molecular flexibility index (Phi) is 8.90. The molecule has 0 saturated carbocycles. The highest BCUT2D eigenvalue weighted by Gasteiger charge is 2.06. The van der Waals surface area contributed by atoms with Gasteiger partial charge in [-0.05, 0) is 18.6 Å². The van der Waals surface area contributed by atoms with Crippen LogP contribution in [0.3, 0.4) is 0 Å². The van der Waals surface area contributed by atoms with Gasteiger partial charge in [-0.3, -0.25) is 4.79 Å². The van der Waals surface area contributed by atoms with Crippen LogP contribution in [0.15, 0.2) is 42.3 Å². The maximum atomic E-state index is 12.0. The van der Waals surface area contributed by atoms with Crippen LogP contribution in [-0.4, -0.2) is 17.4 Å². The van der Waals surface area contributed by atoms with Gasteiger partial charge in [0, 0.05) is 29.6 Å². The largest absolute Gasteiger partial charge is 0.358 e. The second kappa shape index (κ2) is 11.5. The van der Waals surface area contributed by atoms with Gasteiger partial charge in [-0.2, -0.15) is 0 Å². The van der Waals surface area contributed by atoms with Crippen molar-refractivity contribution in [3.8, 4) is 11.3 Å². The molecule has 2 aromatic rings. The highest BCUT2D eigenvalue weighted by Crippen LogP contribution is 2.26. The first kappa shape index (κ1) is 20.2. The molecule has 1 heterocycles. The maximum Gasteiger partial charge on any atom is 0.224 e. The molecule has 140 valence electrons. The molecule has 0 spiro atoms. The average molecular weight is 372 g/mol. The number of hydrogen-bond acceptors (Lipinski definition) is 4. The SMILES string of the molecule is C=CCNc1nc(-c2ccc(NC(=O)CCCCCCCC)cc2)cs1. The predicted octanol–water partition coefficient (Wildman–Crippen LogP) is 6.10. The molecule has 5 heteroatoms. The Morgan fingerprint density at radius 3 is 2.62 bits per heavy atom. The minimum absolute atomic E-state index is 0.0952. The van der Waals surface area contributed by atoms with Gasteiger partial charge in [-0.15, -0.1) is 17.9 Å². The molecule has 0 aliphatic carbocycles. The van der Waals surface area contributed by atoms with Gasteiger partial charge in [0.1, 0.15) is 0 Å². The molecule has 1 amide bonds. The minimum atomic E-state index is 0.0952. The number of carbonyl (C=O) groups is 1. The van der Waals surface area contributed by atoms with Gasteiger partial charge in [0.15, 0.2) is 5.13 Å². The summed E-state index contributed by atoms with van der Waals surface area (Å²) in [4.78, 5) is 16.6. The lowest BCUT2D eigenvalue weighted by Gasteiger charge is -2.06. The van der Waals surface area contributed by atoms with E-state index < -0.39 is 0 Å². The van der Waals surface area contributed by atoms with Gasteiger partial charge in [0.05, 0.1) is 5.69 Å². The van der Waals surface area contributed by atoms with Crippen LogP contribution in [0.4, 0.5) is 10.8 Å². The Bertz CT molecular complexity index is 679. The molecule has 4 nitrogen and oxygen atoms in total. The third-order valence-corrected chi connectivity index (χ3v) is 4.92. The van der Waals surface area contributed by atoms with Crippen molar-refractivity contribution in [2.45, 2.75) is 51.9 Å². The molecule has 0 fully saturated rings. The van der Waals surface area contributed by atoms with Crippen LogP contribution >= 0.6 is 11.3 Å². The van der Waals surface area contributed by atoms with E-state index in [9.17, 15) is 4.79 Å². The van der Waals surface area contributed by atoms with Gasteiger partial charge >= 0.3 is 0 Å². The van der Waals surface area contributed by atoms with Crippen LogP contribution in [0.25, 0.3) is 11.3 Å². The molecule has 0 bridgehead atoms. The monoisotopic (exact) mass is 371 g/mol. The van der Waals surface area contributed by atoms with Crippen molar-refractivity contribution >= 4 is 28.1 Å². The molecule has 2 N–H and O–H groups in total. The summed E-state index contributed by atoms with van der Waals surface area (Å²) in [6.45, 7) is 6.61. The molecule has 0 radical (unpaired) electrons. The van der Waals surface area contributed by atoms with E-state index in [0.717, 1.165) is 34.9 Å². The lowest BCUT2D eigenvalue weighted by atomic mass is 10.1. The Morgan fingerprint density at radius 2 is 1.88 bits per heavy atom. The smallest absolute Gasteiger partial charge is 0.224 e. The number of amides is 1. The minimum Gasteiger partial charge on any atom is -0.358 e. The van der Waals surface area contributed by atoms with E-state index in [2.05, 4.69) is 29.1 Å². The van der Waals surface area contributed by atoms with Crippen molar-refractivity contribution in [2.75, 3.05) is 17.2 Å². The second-order valence-electron chi connectivity index (χ2n) is 6.35. The zero-order valence-electron chi connectivity index (χ0n) is 15.6. The van der Waals surface area contributed by atoms with Crippen LogP contribution in [0.1, 0.15) is 51.9 Å². The molecular formula is C21H29N3OS. The third-order valence-electron chi connectivity index (χ3n) is 4.12. The van der Waals surface area contributed by atoms with E-state index in [-0.39, 0.29) is 5.91 Å². The fourth-order valence-electron chi connectivity index (χ4n) is 2.66. The zero-order valence-corrected chi connectivity index (χ0v) is 16.4. The topological polar surface area (TPSA) is 54.0 Å². The Labute approximate surface area is 160 Å². The first-order valence-electron chi connectivity index (χ1n) is 9.43. The van der Waals surface area contributed by atoms with Crippen molar-refractivity contribution in [3.63, 3.8) is 0 Å². The molecule has 26 heavy (non-hydrogen) atoms. The Balaban J connectivity index is 1.77. The maximum absolute atomic E-state index is 12.0. The molecule has 0 atom stereocenters. The highest BCUT2D eigenvalue weighted by atomic mass is 32.1. The van der Waals surface area contributed by atoms with Gasteiger partial charge in [-0.25, -0.2) is 4.98 Å². The van der Waals surface area contributed by atoms with E-state index in [0.29, 0.717) is 13.0 Å². The van der Waals surface area contributed by atoms with Gasteiger partial charge in [0.25, 0.3) is 0 Å². The number of hydrogen-bond donors (Lipinski definition) is 2. The lowest BCUT2D eigenvalue weighted by Crippen LogP contribution is -2.10. The number of nitrogens with one attached hydrogen (secondary N) is 2. The van der Waals surface area contributed by atoms with Crippen molar-refractivity contribution < 1.29 is 4.79 Å². The van der Waals surface area contributed by atoms with Crippen LogP contribution in [0.2, 0.25) is 0 Å². The number of anilines is 2. The van der Waals surface area contributed by atoms with Gasteiger partial charge in [-0.1, -0.05) is 57.2 Å². The summed E-state index contributed by atoms with van der Waals surface area (Å²) >= 11 is 1.58. The quantitative estimate of drug-likeness (QED) is 0.350. The first-order valence-corrected chi connectivity index (χ1v) is 10.3. The Hall–Kier alpha value is -2.14. The number of benzene rings is 1. The number of aromatic nitrogens is 1. The molecule has 1 aromatic heterocycles. The molecule has 0 aliphatic rings. The molecule has 1 aromatic carbocycles. The fourth-order valence-corrected chi connectivity index (χ4v) is 3.39. The van der Waals surface area contributed by atoms with Crippen LogP contribution in [0.5, 0.6) is 0 Å². The number of thiazole rings is 1. The fraction of sp³-hybridized carbons (Fsp3) is 0.429. The van der Waals surface area contributed by atoms with E-state index >= 15 is 0 Å². The summed E-state index contributed by atoms with van der Waals surface area (Å²) in [5.74, 6) is 0.0952. The van der Waals surface area contributed by atoms with Crippen molar-refractivity contribution in [1.82, 2.24) is 4.98 Å². The van der Waals surface area contributed by atoms with E-state index in [1.165, 1.54) is 25.7 Å². The van der Waals surface area contributed by atoms with Gasteiger partial charge < -0.3 is 10.6 Å². The summed E-state index contributed by atoms with van der Waals surface area (Å²) < 4.78 is 0. The van der Waals surface area contributed by atoms with Crippen molar-refractivity contribution in [3.05, 3.63) is 42.3 Å². The third kappa shape index (κ3) is 7.00. The van der Waals surface area contributed by atoms with Crippen molar-refractivity contribution in [1.29, 1.82) is 0 Å².